The molecule has 6 nitrogen and oxygen atoms in total. The zero-order valence-electron chi connectivity index (χ0n) is 15.6. The van der Waals surface area contributed by atoms with E-state index in [-0.39, 0.29) is 12.1 Å². The number of rotatable bonds is 3. The van der Waals surface area contributed by atoms with Crippen LogP contribution in [0.3, 0.4) is 0 Å². The molecule has 0 spiro atoms. The van der Waals surface area contributed by atoms with Gasteiger partial charge in [0.05, 0.1) is 0 Å². The number of aromatic nitrogens is 2. The first kappa shape index (κ1) is 18.7. The number of carbonyl (C=O) groups is 1. The van der Waals surface area contributed by atoms with Crippen molar-refractivity contribution in [3.63, 3.8) is 0 Å². The Bertz CT molecular complexity index is 971. The SMILES string of the molecule is Cc1ccccc1NC(=O)N1CCCCC1c1nc(-c2ccc(Br)cc2)no1. The number of halogens is 1. The third kappa shape index (κ3) is 3.94. The molecule has 2 heterocycles. The molecule has 1 N–H and O–H groups in total. The van der Waals surface area contributed by atoms with E-state index in [0.717, 1.165) is 40.5 Å². The number of nitrogens with zero attached hydrogens (tertiary/aromatic N) is 3. The first-order valence-electron chi connectivity index (χ1n) is 9.34. The normalized spacial score (nSPS) is 16.8. The predicted octanol–water partition coefficient (Wildman–Crippen LogP) is 5.57. The predicted molar refractivity (Wildman–Crippen MR) is 111 cm³/mol. The fourth-order valence-corrected chi connectivity index (χ4v) is 3.68. The van der Waals surface area contributed by atoms with Gasteiger partial charge in [-0.15, -0.1) is 0 Å². The number of piperidine rings is 1. The molecule has 1 aromatic heterocycles. The van der Waals surface area contributed by atoms with Crippen molar-refractivity contribution in [1.29, 1.82) is 0 Å². The molecule has 0 radical (unpaired) electrons. The Labute approximate surface area is 172 Å². The maximum absolute atomic E-state index is 12.9. The molecule has 1 fully saturated rings. The molecule has 144 valence electrons. The van der Waals surface area contributed by atoms with E-state index in [9.17, 15) is 4.79 Å². The third-order valence-electron chi connectivity index (χ3n) is 4.98. The van der Waals surface area contributed by atoms with Gasteiger partial charge in [-0.05, 0) is 62.1 Å². The monoisotopic (exact) mass is 440 g/mol. The molecular weight excluding hydrogens is 420 g/mol. The van der Waals surface area contributed by atoms with Crippen molar-refractivity contribution < 1.29 is 9.32 Å². The average molecular weight is 441 g/mol. The summed E-state index contributed by atoms with van der Waals surface area (Å²) in [5, 5.41) is 7.14. The minimum absolute atomic E-state index is 0.137. The molecule has 1 atom stereocenters. The molecule has 0 aliphatic carbocycles. The summed E-state index contributed by atoms with van der Waals surface area (Å²) in [4.78, 5) is 19.3. The average Bonchev–Trinajstić information content (AvgIpc) is 3.20. The lowest BCUT2D eigenvalue weighted by molar-refractivity contribution is 0.142. The van der Waals surface area contributed by atoms with Gasteiger partial charge in [0.25, 0.3) is 0 Å². The van der Waals surface area contributed by atoms with Gasteiger partial charge in [-0.1, -0.05) is 39.3 Å². The molecule has 0 bridgehead atoms. The number of carbonyl (C=O) groups excluding carboxylic acids is 1. The van der Waals surface area contributed by atoms with Gasteiger partial charge in [-0.3, -0.25) is 0 Å². The summed E-state index contributed by atoms with van der Waals surface area (Å²) in [6, 6.07) is 15.1. The molecule has 1 aliphatic rings. The quantitative estimate of drug-likeness (QED) is 0.577. The molecule has 0 saturated carbocycles. The van der Waals surface area contributed by atoms with Crippen LogP contribution in [0.5, 0.6) is 0 Å². The van der Waals surface area contributed by atoms with Crippen LogP contribution in [0.4, 0.5) is 10.5 Å². The van der Waals surface area contributed by atoms with E-state index < -0.39 is 0 Å². The minimum atomic E-state index is -0.213. The maximum atomic E-state index is 12.9. The van der Waals surface area contributed by atoms with E-state index in [4.69, 9.17) is 4.52 Å². The van der Waals surface area contributed by atoms with E-state index >= 15 is 0 Å². The highest BCUT2D eigenvalue weighted by Crippen LogP contribution is 2.32. The first-order valence-corrected chi connectivity index (χ1v) is 10.1. The second-order valence-electron chi connectivity index (χ2n) is 6.91. The molecule has 2 amide bonds. The van der Waals surface area contributed by atoms with Crippen molar-refractivity contribution in [3.05, 3.63) is 64.5 Å². The van der Waals surface area contributed by atoms with Gasteiger partial charge >= 0.3 is 6.03 Å². The number of amides is 2. The number of likely N-dealkylation sites (tertiary alicyclic amines) is 1. The molecule has 1 saturated heterocycles. The largest absolute Gasteiger partial charge is 0.337 e. The van der Waals surface area contributed by atoms with E-state index in [1.807, 2.05) is 55.5 Å². The molecule has 2 aromatic carbocycles. The maximum Gasteiger partial charge on any atom is 0.322 e. The van der Waals surface area contributed by atoms with Crippen LogP contribution in [0.1, 0.15) is 36.8 Å². The van der Waals surface area contributed by atoms with Crippen LogP contribution in [-0.4, -0.2) is 27.6 Å². The van der Waals surface area contributed by atoms with Crippen LogP contribution in [-0.2, 0) is 0 Å². The summed E-state index contributed by atoms with van der Waals surface area (Å²) in [5.41, 5.74) is 2.72. The Morgan fingerprint density at radius 2 is 1.96 bits per heavy atom. The zero-order chi connectivity index (χ0) is 19.5. The number of hydrogen-bond acceptors (Lipinski definition) is 4. The van der Waals surface area contributed by atoms with Crippen molar-refractivity contribution >= 4 is 27.6 Å². The Morgan fingerprint density at radius 3 is 2.75 bits per heavy atom. The molecule has 28 heavy (non-hydrogen) atoms. The van der Waals surface area contributed by atoms with Crippen molar-refractivity contribution in [1.82, 2.24) is 15.0 Å². The van der Waals surface area contributed by atoms with Gasteiger partial charge < -0.3 is 14.7 Å². The van der Waals surface area contributed by atoms with Gasteiger partial charge in [0.15, 0.2) is 0 Å². The standard InChI is InChI=1S/C21H21BrN4O2/c1-14-6-2-3-7-17(14)23-21(27)26-13-5-4-8-18(26)20-24-19(25-28-20)15-9-11-16(22)12-10-15/h2-3,6-7,9-12,18H,4-5,8,13H2,1H3,(H,23,27). The number of urea groups is 1. The number of hydrogen-bond donors (Lipinski definition) is 1. The Hall–Kier alpha value is -2.67. The van der Waals surface area contributed by atoms with Crippen molar-refractivity contribution in [2.24, 2.45) is 0 Å². The van der Waals surface area contributed by atoms with Crippen LogP contribution in [0.2, 0.25) is 0 Å². The van der Waals surface area contributed by atoms with E-state index in [1.165, 1.54) is 0 Å². The van der Waals surface area contributed by atoms with Gasteiger partial charge in [-0.2, -0.15) is 4.98 Å². The summed E-state index contributed by atoms with van der Waals surface area (Å²) < 4.78 is 6.54. The van der Waals surface area contributed by atoms with Crippen molar-refractivity contribution in [2.45, 2.75) is 32.2 Å². The van der Waals surface area contributed by atoms with E-state index in [0.29, 0.717) is 18.3 Å². The van der Waals surface area contributed by atoms with Gasteiger partial charge in [0.2, 0.25) is 11.7 Å². The minimum Gasteiger partial charge on any atom is -0.337 e. The van der Waals surface area contributed by atoms with Crippen LogP contribution in [0, 0.1) is 6.92 Å². The third-order valence-corrected chi connectivity index (χ3v) is 5.51. The lowest BCUT2D eigenvalue weighted by Gasteiger charge is -2.33. The Morgan fingerprint density at radius 1 is 1.18 bits per heavy atom. The molecule has 4 rings (SSSR count). The number of benzene rings is 2. The smallest absolute Gasteiger partial charge is 0.322 e. The lowest BCUT2D eigenvalue weighted by atomic mass is 10.0. The van der Waals surface area contributed by atoms with E-state index in [1.54, 1.807) is 4.90 Å². The van der Waals surface area contributed by atoms with Crippen LogP contribution in [0.25, 0.3) is 11.4 Å². The van der Waals surface area contributed by atoms with Crippen molar-refractivity contribution in [2.75, 3.05) is 11.9 Å². The fourth-order valence-electron chi connectivity index (χ4n) is 3.42. The van der Waals surface area contributed by atoms with Gasteiger partial charge in [0.1, 0.15) is 6.04 Å². The number of aryl methyl sites for hydroxylation is 1. The summed E-state index contributed by atoms with van der Waals surface area (Å²) in [6.07, 6.45) is 2.80. The number of para-hydroxylation sites is 1. The summed E-state index contributed by atoms with van der Waals surface area (Å²) in [5.74, 6) is 1.02. The number of anilines is 1. The van der Waals surface area contributed by atoms with Crippen LogP contribution >= 0.6 is 15.9 Å². The first-order chi connectivity index (χ1) is 13.6. The summed E-state index contributed by atoms with van der Waals surface area (Å²) in [6.45, 7) is 2.64. The van der Waals surface area contributed by atoms with Crippen LogP contribution < -0.4 is 5.32 Å². The highest BCUT2D eigenvalue weighted by Gasteiger charge is 2.32. The van der Waals surface area contributed by atoms with Gasteiger partial charge in [-0.25, -0.2) is 4.79 Å². The molecular formula is C21H21BrN4O2. The molecule has 1 aliphatic heterocycles. The lowest BCUT2D eigenvalue weighted by Crippen LogP contribution is -2.41. The van der Waals surface area contributed by atoms with Crippen LogP contribution in [0.15, 0.2) is 57.5 Å². The van der Waals surface area contributed by atoms with Gasteiger partial charge in [0, 0.05) is 22.3 Å². The molecule has 1 unspecified atom stereocenters. The molecule has 7 heteroatoms. The topological polar surface area (TPSA) is 71.3 Å². The summed E-state index contributed by atoms with van der Waals surface area (Å²) >= 11 is 3.43. The highest BCUT2D eigenvalue weighted by atomic mass is 79.9. The second kappa shape index (κ2) is 8.14. The highest BCUT2D eigenvalue weighted by molar-refractivity contribution is 9.10. The second-order valence-corrected chi connectivity index (χ2v) is 7.83. The summed E-state index contributed by atoms with van der Waals surface area (Å²) in [7, 11) is 0. The fraction of sp³-hybridized carbons (Fsp3) is 0.286. The van der Waals surface area contributed by atoms with Crippen molar-refractivity contribution in [3.8, 4) is 11.4 Å². The molecule has 3 aromatic rings. The number of nitrogens with one attached hydrogen (secondary N) is 1. The Kier molecular flexibility index (Phi) is 5.43. The zero-order valence-corrected chi connectivity index (χ0v) is 17.1. The Balaban J connectivity index is 1.55. The van der Waals surface area contributed by atoms with E-state index in [2.05, 4.69) is 31.4 Å².